The molecule has 0 aromatic rings. The van der Waals surface area contributed by atoms with Crippen molar-refractivity contribution in [3.63, 3.8) is 0 Å². The van der Waals surface area contributed by atoms with Crippen LogP contribution in [0.5, 0.6) is 0 Å². The van der Waals surface area contributed by atoms with Crippen LogP contribution in [0.3, 0.4) is 0 Å². The summed E-state index contributed by atoms with van der Waals surface area (Å²) in [6.45, 7) is 2.17. The lowest BCUT2D eigenvalue weighted by Gasteiger charge is -2.15. The van der Waals surface area contributed by atoms with Gasteiger partial charge in [-0.1, -0.05) is 13.8 Å². The molecule has 0 aliphatic heterocycles. The Balaban J connectivity index is 4.56. The van der Waals surface area contributed by atoms with Crippen molar-refractivity contribution in [2.24, 2.45) is 5.92 Å². The number of carboxylic acid groups (broad SMARTS) is 1. The minimum absolute atomic E-state index is 1.08. The number of hydrogen-bond acceptors (Lipinski definition) is 2. The monoisotopic (exact) mass is 166 g/mol. The molecule has 1 N–H and O–H groups in total. The first kappa shape index (κ1) is 10.0. The molecular formula is C6H8F2O3. The summed E-state index contributed by atoms with van der Waals surface area (Å²) in [5.74, 6) is -9.19. The second-order valence-corrected chi connectivity index (χ2v) is 2.41. The molecule has 0 saturated carbocycles. The van der Waals surface area contributed by atoms with E-state index in [-0.39, 0.29) is 0 Å². The van der Waals surface area contributed by atoms with E-state index in [2.05, 4.69) is 0 Å². The molecule has 0 atom stereocenters. The standard InChI is InChI=1S/C6H8F2O3/c1-3(2)6(7,8)4(9)5(10)11/h3H,1-2H3,(H,10,11). The highest BCUT2D eigenvalue weighted by atomic mass is 19.3. The Morgan fingerprint density at radius 1 is 1.36 bits per heavy atom. The summed E-state index contributed by atoms with van der Waals surface area (Å²) in [6.07, 6.45) is 0. The lowest BCUT2D eigenvalue weighted by atomic mass is 10.0. The van der Waals surface area contributed by atoms with Gasteiger partial charge in [0.15, 0.2) is 0 Å². The number of carbonyl (C=O) groups excluding carboxylic acids is 1. The van der Waals surface area contributed by atoms with Gasteiger partial charge in [-0.3, -0.25) is 4.79 Å². The lowest BCUT2D eigenvalue weighted by molar-refractivity contribution is -0.166. The Morgan fingerprint density at radius 2 is 1.73 bits per heavy atom. The molecule has 0 bridgehead atoms. The molecule has 0 rings (SSSR count). The van der Waals surface area contributed by atoms with Crippen LogP contribution < -0.4 is 0 Å². The van der Waals surface area contributed by atoms with Gasteiger partial charge in [0.05, 0.1) is 0 Å². The normalized spacial score (nSPS) is 11.7. The van der Waals surface area contributed by atoms with Gasteiger partial charge in [-0.25, -0.2) is 4.79 Å². The van der Waals surface area contributed by atoms with Crippen LogP contribution in [0, 0.1) is 5.92 Å². The Kier molecular flexibility index (Phi) is 2.67. The highest BCUT2D eigenvalue weighted by molar-refractivity contribution is 6.35. The molecule has 0 aliphatic rings. The van der Waals surface area contributed by atoms with Gasteiger partial charge in [0.1, 0.15) is 0 Å². The quantitative estimate of drug-likeness (QED) is 0.634. The molecule has 0 fully saturated rings. The van der Waals surface area contributed by atoms with Crippen LogP contribution in [-0.2, 0) is 9.59 Å². The summed E-state index contributed by atoms with van der Waals surface area (Å²) in [6, 6.07) is 0. The molecule has 0 heterocycles. The summed E-state index contributed by atoms with van der Waals surface area (Å²) in [5, 5.41) is 7.94. The van der Waals surface area contributed by atoms with Crippen LogP contribution in [0.4, 0.5) is 8.78 Å². The largest absolute Gasteiger partial charge is 0.475 e. The third-order valence-electron chi connectivity index (χ3n) is 1.22. The first-order valence-electron chi connectivity index (χ1n) is 2.95. The first-order valence-corrected chi connectivity index (χ1v) is 2.95. The van der Waals surface area contributed by atoms with E-state index >= 15 is 0 Å². The maximum atomic E-state index is 12.5. The molecule has 0 aromatic carbocycles. The zero-order valence-corrected chi connectivity index (χ0v) is 6.10. The Bertz CT molecular complexity index is 186. The van der Waals surface area contributed by atoms with E-state index in [1.807, 2.05) is 0 Å². The van der Waals surface area contributed by atoms with Crippen molar-refractivity contribution in [2.75, 3.05) is 0 Å². The van der Waals surface area contributed by atoms with E-state index in [4.69, 9.17) is 5.11 Å². The van der Waals surface area contributed by atoms with E-state index in [0.717, 1.165) is 13.8 Å². The summed E-state index contributed by atoms with van der Waals surface area (Å²) in [7, 11) is 0. The Hall–Kier alpha value is -1.00. The minimum Gasteiger partial charge on any atom is -0.475 e. The molecule has 64 valence electrons. The van der Waals surface area contributed by atoms with Gasteiger partial charge in [0, 0.05) is 5.92 Å². The third-order valence-corrected chi connectivity index (χ3v) is 1.22. The SMILES string of the molecule is CC(C)C(F)(F)C(=O)C(=O)O. The van der Waals surface area contributed by atoms with Gasteiger partial charge in [-0.2, -0.15) is 8.78 Å². The Morgan fingerprint density at radius 3 is 1.82 bits per heavy atom. The van der Waals surface area contributed by atoms with Gasteiger partial charge < -0.3 is 5.11 Å². The predicted molar refractivity (Wildman–Crippen MR) is 32.4 cm³/mol. The average molecular weight is 166 g/mol. The minimum atomic E-state index is -3.76. The van der Waals surface area contributed by atoms with Crippen molar-refractivity contribution < 1.29 is 23.5 Å². The average Bonchev–Trinajstić information content (AvgIpc) is 1.85. The molecule has 0 saturated heterocycles. The smallest absolute Gasteiger partial charge is 0.378 e. The van der Waals surface area contributed by atoms with Crippen molar-refractivity contribution >= 4 is 11.8 Å². The predicted octanol–water partition coefficient (Wildman–Crippen LogP) is 0.931. The van der Waals surface area contributed by atoms with E-state index < -0.39 is 23.6 Å². The van der Waals surface area contributed by atoms with Crippen LogP contribution in [0.2, 0.25) is 0 Å². The zero-order chi connectivity index (χ0) is 9.23. The number of halogens is 2. The number of alkyl halides is 2. The van der Waals surface area contributed by atoms with Gasteiger partial charge in [0.2, 0.25) is 0 Å². The van der Waals surface area contributed by atoms with E-state index in [0.29, 0.717) is 0 Å². The second kappa shape index (κ2) is 2.94. The molecule has 5 heteroatoms. The lowest BCUT2D eigenvalue weighted by Crippen LogP contribution is -2.39. The molecule has 0 spiro atoms. The first-order chi connectivity index (χ1) is 4.80. The van der Waals surface area contributed by atoms with Crippen molar-refractivity contribution in [3.8, 4) is 0 Å². The fourth-order valence-electron chi connectivity index (χ4n) is 0.405. The van der Waals surface area contributed by atoms with Gasteiger partial charge >= 0.3 is 17.7 Å². The molecular weight excluding hydrogens is 158 g/mol. The number of rotatable bonds is 3. The van der Waals surface area contributed by atoms with Crippen LogP contribution in [0.1, 0.15) is 13.8 Å². The van der Waals surface area contributed by atoms with Crippen LogP contribution in [0.25, 0.3) is 0 Å². The van der Waals surface area contributed by atoms with E-state index in [1.54, 1.807) is 0 Å². The van der Waals surface area contributed by atoms with Crippen LogP contribution >= 0.6 is 0 Å². The molecule has 0 aliphatic carbocycles. The van der Waals surface area contributed by atoms with Gasteiger partial charge in [-0.05, 0) is 0 Å². The number of aliphatic carboxylic acids is 1. The second-order valence-electron chi connectivity index (χ2n) is 2.41. The number of ketones is 1. The van der Waals surface area contributed by atoms with Crippen molar-refractivity contribution in [1.29, 1.82) is 0 Å². The summed E-state index contributed by atoms with van der Waals surface area (Å²) in [4.78, 5) is 20.1. The molecule has 11 heavy (non-hydrogen) atoms. The number of carbonyl (C=O) groups is 2. The Labute approximate surface area is 62.0 Å². The van der Waals surface area contributed by atoms with Crippen molar-refractivity contribution in [3.05, 3.63) is 0 Å². The topological polar surface area (TPSA) is 54.4 Å². The number of carboxylic acids is 1. The van der Waals surface area contributed by atoms with Crippen molar-refractivity contribution in [2.45, 2.75) is 19.8 Å². The molecule has 0 aromatic heterocycles. The van der Waals surface area contributed by atoms with Gasteiger partial charge in [0.25, 0.3) is 0 Å². The fourth-order valence-corrected chi connectivity index (χ4v) is 0.405. The molecule has 3 nitrogen and oxygen atoms in total. The maximum absolute atomic E-state index is 12.5. The summed E-state index contributed by atoms with van der Waals surface area (Å²) < 4.78 is 24.9. The number of Topliss-reactive ketones (excluding diaryl/α,β-unsaturated/α-hetero) is 1. The van der Waals surface area contributed by atoms with Crippen LogP contribution in [0.15, 0.2) is 0 Å². The maximum Gasteiger partial charge on any atom is 0.378 e. The van der Waals surface area contributed by atoms with Gasteiger partial charge in [-0.15, -0.1) is 0 Å². The summed E-state index contributed by atoms with van der Waals surface area (Å²) >= 11 is 0. The van der Waals surface area contributed by atoms with Crippen LogP contribution in [-0.4, -0.2) is 22.8 Å². The zero-order valence-electron chi connectivity index (χ0n) is 6.10. The molecule has 0 amide bonds. The summed E-state index contributed by atoms with van der Waals surface area (Å²) in [5.41, 5.74) is 0. The third kappa shape index (κ3) is 1.96. The molecule has 0 unspecified atom stereocenters. The molecule has 0 radical (unpaired) electrons. The van der Waals surface area contributed by atoms with Crippen molar-refractivity contribution in [1.82, 2.24) is 0 Å². The fraction of sp³-hybridized carbons (Fsp3) is 0.667. The highest BCUT2D eigenvalue weighted by Gasteiger charge is 2.46. The number of hydrogen-bond donors (Lipinski definition) is 1. The highest BCUT2D eigenvalue weighted by Crippen LogP contribution is 2.24. The van der Waals surface area contributed by atoms with E-state index in [1.165, 1.54) is 0 Å². The van der Waals surface area contributed by atoms with E-state index in [9.17, 15) is 18.4 Å².